The summed E-state index contributed by atoms with van der Waals surface area (Å²) in [5, 5.41) is 0.413. The summed E-state index contributed by atoms with van der Waals surface area (Å²) in [6, 6.07) is 16.2. The molecule has 1 aromatic heterocycles. The molecule has 128 valence electrons. The van der Waals surface area contributed by atoms with E-state index >= 15 is 0 Å². The lowest BCUT2D eigenvalue weighted by Crippen LogP contribution is -2.24. The molecule has 3 aromatic rings. The fourth-order valence-electron chi connectivity index (χ4n) is 2.39. The van der Waals surface area contributed by atoms with Gasteiger partial charge in [-0.3, -0.25) is 0 Å². The SMILES string of the molecule is Cc1c(Cl)cccc1S(=O)(=O)NCc1cc(-c2ccccc2)ncn1. The number of sulfonamides is 1. The third kappa shape index (κ3) is 4.04. The molecular formula is C18H16ClN3O2S. The summed E-state index contributed by atoms with van der Waals surface area (Å²) < 4.78 is 27.6. The highest BCUT2D eigenvalue weighted by atomic mass is 35.5. The van der Waals surface area contributed by atoms with Gasteiger partial charge in [0.2, 0.25) is 10.0 Å². The Balaban J connectivity index is 1.81. The van der Waals surface area contributed by atoms with Crippen molar-refractivity contribution in [1.82, 2.24) is 14.7 Å². The molecule has 3 rings (SSSR count). The number of aromatic nitrogens is 2. The molecule has 0 radical (unpaired) electrons. The van der Waals surface area contributed by atoms with Crippen molar-refractivity contribution in [3.8, 4) is 11.3 Å². The molecule has 2 aromatic carbocycles. The van der Waals surface area contributed by atoms with Crippen molar-refractivity contribution >= 4 is 21.6 Å². The van der Waals surface area contributed by atoms with E-state index in [-0.39, 0.29) is 11.4 Å². The van der Waals surface area contributed by atoms with Crippen LogP contribution in [0.5, 0.6) is 0 Å². The molecule has 0 saturated heterocycles. The first-order chi connectivity index (χ1) is 12.0. The Morgan fingerprint density at radius 1 is 1.04 bits per heavy atom. The molecule has 0 atom stereocenters. The number of hydrogen-bond donors (Lipinski definition) is 1. The molecule has 0 bridgehead atoms. The molecule has 0 aliphatic heterocycles. The average molecular weight is 374 g/mol. The molecule has 7 heteroatoms. The molecule has 0 spiro atoms. The Hall–Kier alpha value is -2.28. The normalized spacial score (nSPS) is 11.4. The zero-order valence-electron chi connectivity index (χ0n) is 13.5. The van der Waals surface area contributed by atoms with Gasteiger partial charge in [0.25, 0.3) is 0 Å². The summed E-state index contributed by atoms with van der Waals surface area (Å²) in [4.78, 5) is 8.53. The van der Waals surface area contributed by atoms with E-state index in [4.69, 9.17) is 11.6 Å². The van der Waals surface area contributed by atoms with E-state index in [2.05, 4.69) is 14.7 Å². The highest BCUT2D eigenvalue weighted by Crippen LogP contribution is 2.23. The predicted molar refractivity (Wildman–Crippen MR) is 97.7 cm³/mol. The maximum absolute atomic E-state index is 12.5. The summed E-state index contributed by atoms with van der Waals surface area (Å²) >= 11 is 6.01. The fourth-order valence-corrected chi connectivity index (χ4v) is 3.88. The monoisotopic (exact) mass is 373 g/mol. The highest BCUT2D eigenvalue weighted by Gasteiger charge is 2.18. The summed E-state index contributed by atoms with van der Waals surface area (Å²) in [6.07, 6.45) is 1.43. The van der Waals surface area contributed by atoms with E-state index in [1.54, 1.807) is 25.1 Å². The number of benzene rings is 2. The van der Waals surface area contributed by atoms with Gasteiger partial charge in [-0.05, 0) is 30.7 Å². The first kappa shape index (κ1) is 17.5. The minimum absolute atomic E-state index is 0.0661. The van der Waals surface area contributed by atoms with E-state index in [1.165, 1.54) is 12.4 Å². The first-order valence-electron chi connectivity index (χ1n) is 7.58. The van der Waals surface area contributed by atoms with Crippen LogP contribution in [0.25, 0.3) is 11.3 Å². The number of hydrogen-bond acceptors (Lipinski definition) is 4. The number of rotatable bonds is 5. The first-order valence-corrected chi connectivity index (χ1v) is 9.44. The van der Waals surface area contributed by atoms with Crippen LogP contribution >= 0.6 is 11.6 Å². The Kier molecular flexibility index (Phi) is 5.13. The van der Waals surface area contributed by atoms with Gasteiger partial charge in [0.1, 0.15) is 6.33 Å². The molecule has 0 aliphatic rings. The molecule has 25 heavy (non-hydrogen) atoms. The van der Waals surface area contributed by atoms with Crippen molar-refractivity contribution in [2.24, 2.45) is 0 Å². The van der Waals surface area contributed by atoms with Gasteiger partial charge in [-0.2, -0.15) is 0 Å². The third-order valence-electron chi connectivity index (χ3n) is 3.74. The van der Waals surface area contributed by atoms with E-state index in [9.17, 15) is 8.42 Å². The quantitative estimate of drug-likeness (QED) is 0.741. The van der Waals surface area contributed by atoms with Gasteiger partial charge in [0, 0.05) is 10.6 Å². The van der Waals surface area contributed by atoms with Crippen LogP contribution in [-0.4, -0.2) is 18.4 Å². The van der Waals surface area contributed by atoms with Crippen LogP contribution in [-0.2, 0) is 16.6 Å². The van der Waals surface area contributed by atoms with Crippen molar-refractivity contribution in [3.63, 3.8) is 0 Å². The number of halogens is 1. The molecule has 0 amide bonds. The molecule has 1 N–H and O–H groups in total. The van der Waals surface area contributed by atoms with E-state index < -0.39 is 10.0 Å². The maximum atomic E-state index is 12.5. The lowest BCUT2D eigenvalue weighted by atomic mass is 10.1. The van der Waals surface area contributed by atoms with Gasteiger partial charge in [0.05, 0.1) is 22.8 Å². The second kappa shape index (κ2) is 7.31. The maximum Gasteiger partial charge on any atom is 0.241 e. The van der Waals surface area contributed by atoms with Crippen LogP contribution in [0.1, 0.15) is 11.3 Å². The van der Waals surface area contributed by atoms with Gasteiger partial charge < -0.3 is 0 Å². The molecule has 0 fully saturated rings. The van der Waals surface area contributed by atoms with Crippen molar-refractivity contribution in [3.05, 3.63) is 77.2 Å². The number of nitrogens with one attached hydrogen (secondary N) is 1. The van der Waals surface area contributed by atoms with E-state index in [1.807, 2.05) is 30.3 Å². The lowest BCUT2D eigenvalue weighted by molar-refractivity contribution is 0.579. The van der Waals surface area contributed by atoms with Gasteiger partial charge in [-0.25, -0.2) is 23.1 Å². The molecule has 0 aliphatic carbocycles. The second-order valence-corrected chi connectivity index (χ2v) is 7.59. The zero-order valence-corrected chi connectivity index (χ0v) is 15.1. The Labute approximate surface area is 151 Å². The Morgan fingerprint density at radius 3 is 2.56 bits per heavy atom. The Bertz CT molecular complexity index is 992. The highest BCUT2D eigenvalue weighted by molar-refractivity contribution is 7.89. The van der Waals surface area contributed by atoms with Crippen LogP contribution < -0.4 is 4.72 Å². The number of nitrogens with zero attached hydrogens (tertiary/aromatic N) is 2. The van der Waals surface area contributed by atoms with Crippen molar-refractivity contribution in [2.75, 3.05) is 0 Å². The van der Waals surface area contributed by atoms with Gasteiger partial charge in [0.15, 0.2) is 0 Å². The van der Waals surface area contributed by atoms with Crippen LogP contribution in [0.4, 0.5) is 0 Å². The lowest BCUT2D eigenvalue weighted by Gasteiger charge is -2.10. The van der Waals surface area contributed by atoms with Gasteiger partial charge in [-0.1, -0.05) is 48.0 Å². The molecule has 5 nitrogen and oxygen atoms in total. The van der Waals surface area contributed by atoms with E-state index in [0.717, 1.165) is 11.3 Å². The van der Waals surface area contributed by atoms with Crippen LogP contribution in [0, 0.1) is 6.92 Å². The van der Waals surface area contributed by atoms with Gasteiger partial charge in [-0.15, -0.1) is 0 Å². The smallest absolute Gasteiger partial charge is 0.240 e. The fraction of sp³-hybridized carbons (Fsp3) is 0.111. The summed E-state index contributed by atoms with van der Waals surface area (Å²) in [7, 11) is -3.68. The molecular weight excluding hydrogens is 358 g/mol. The van der Waals surface area contributed by atoms with Crippen LogP contribution in [0.3, 0.4) is 0 Å². The average Bonchev–Trinajstić information content (AvgIpc) is 2.63. The predicted octanol–water partition coefficient (Wildman–Crippen LogP) is 3.58. The second-order valence-electron chi connectivity index (χ2n) is 5.45. The van der Waals surface area contributed by atoms with E-state index in [0.29, 0.717) is 16.3 Å². The minimum Gasteiger partial charge on any atom is -0.240 e. The Morgan fingerprint density at radius 2 is 1.80 bits per heavy atom. The van der Waals surface area contributed by atoms with Gasteiger partial charge >= 0.3 is 0 Å². The van der Waals surface area contributed by atoms with Crippen LogP contribution in [0.15, 0.2) is 65.8 Å². The molecule has 0 unspecified atom stereocenters. The van der Waals surface area contributed by atoms with Crippen molar-refractivity contribution < 1.29 is 8.42 Å². The third-order valence-corrected chi connectivity index (χ3v) is 5.70. The summed E-state index contributed by atoms with van der Waals surface area (Å²) in [6.45, 7) is 1.74. The minimum atomic E-state index is -3.68. The topological polar surface area (TPSA) is 72.0 Å². The van der Waals surface area contributed by atoms with Crippen LogP contribution in [0.2, 0.25) is 5.02 Å². The summed E-state index contributed by atoms with van der Waals surface area (Å²) in [5.74, 6) is 0. The van der Waals surface area contributed by atoms with Crippen molar-refractivity contribution in [2.45, 2.75) is 18.4 Å². The van der Waals surface area contributed by atoms with Crippen molar-refractivity contribution in [1.29, 1.82) is 0 Å². The largest absolute Gasteiger partial charge is 0.241 e. The molecule has 1 heterocycles. The molecule has 0 saturated carbocycles. The standard InChI is InChI=1S/C18H16ClN3O2S/c1-13-16(19)8-5-9-18(13)25(23,24)22-11-15-10-17(21-12-20-15)14-6-3-2-4-7-14/h2-10,12,22H,11H2,1H3. The zero-order chi connectivity index (χ0) is 17.9. The summed E-state index contributed by atoms with van der Waals surface area (Å²) in [5.41, 5.74) is 2.78.